The van der Waals surface area contributed by atoms with Crippen LogP contribution >= 0.6 is 24.0 Å². The molecule has 0 spiro atoms. The molecular formula is C21H36IN5O2. The summed E-state index contributed by atoms with van der Waals surface area (Å²) < 4.78 is 5.08. The van der Waals surface area contributed by atoms with E-state index in [-0.39, 0.29) is 29.9 Å². The number of amides is 1. The summed E-state index contributed by atoms with van der Waals surface area (Å²) in [4.78, 5) is 20.2. The molecule has 0 bridgehead atoms. The second-order valence-electron chi connectivity index (χ2n) is 7.24. The Morgan fingerprint density at radius 1 is 1.21 bits per heavy atom. The highest BCUT2D eigenvalue weighted by atomic mass is 127. The molecule has 1 aliphatic heterocycles. The molecule has 1 fully saturated rings. The zero-order valence-corrected chi connectivity index (χ0v) is 20.3. The van der Waals surface area contributed by atoms with Gasteiger partial charge >= 0.3 is 0 Å². The Kier molecular flexibility index (Phi) is 12.9. The summed E-state index contributed by atoms with van der Waals surface area (Å²) in [5, 5.41) is 6.69. The molecular weight excluding hydrogens is 481 g/mol. The van der Waals surface area contributed by atoms with Gasteiger partial charge in [0.1, 0.15) is 0 Å². The summed E-state index contributed by atoms with van der Waals surface area (Å²) in [5.74, 6) is 1.07. The molecule has 0 saturated carbocycles. The van der Waals surface area contributed by atoms with Crippen molar-refractivity contribution in [2.24, 2.45) is 4.99 Å². The molecule has 0 radical (unpaired) electrons. The molecule has 8 heteroatoms. The first-order valence-corrected chi connectivity index (χ1v) is 10.1. The number of aliphatic imine (C=N–C) groups is 1. The highest BCUT2D eigenvalue weighted by molar-refractivity contribution is 14.0. The zero-order valence-electron chi connectivity index (χ0n) is 17.9. The molecule has 1 heterocycles. The van der Waals surface area contributed by atoms with Crippen LogP contribution in [0.5, 0.6) is 0 Å². The minimum atomic E-state index is 0. The first kappa shape index (κ1) is 25.6. The van der Waals surface area contributed by atoms with Crippen molar-refractivity contribution < 1.29 is 9.53 Å². The fourth-order valence-electron chi connectivity index (χ4n) is 3.22. The van der Waals surface area contributed by atoms with E-state index >= 15 is 0 Å². The van der Waals surface area contributed by atoms with E-state index in [1.807, 2.05) is 4.90 Å². The third-order valence-electron chi connectivity index (χ3n) is 4.93. The van der Waals surface area contributed by atoms with Gasteiger partial charge in [0.2, 0.25) is 5.91 Å². The van der Waals surface area contributed by atoms with Crippen molar-refractivity contribution in [2.45, 2.75) is 32.4 Å². The van der Waals surface area contributed by atoms with Crippen LogP contribution in [0.3, 0.4) is 0 Å². The lowest BCUT2D eigenvalue weighted by molar-refractivity contribution is -0.128. The highest BCUT2D eigenvalue weighted by Gasteiger charge is 2.19. The zero-order chi connectivity index (χ0) is 20.2. The van der Waals surface area contributed by atoms with Crippen molar-refractivity contribution in [1.29, 1.82) is 0 Å². The van der Waals surface area contributed by atoms with Crippen molar-refractivity contribution in [3.05, 3.63) is 35.4 Å². The smallest absolute Gasteiger partial charge is 0.222 e. The van der Waals surface area contributed by atoms with Crippen molar-refractivity contribution in [3.63, 3.8) is 0 Å². The molecule has 1 amide bonds. The average molecular weight is 517 g/mol. The average Bonchev–Trinajstić information content (AvgIpc) is 3.10. The van der Waals surface area contributed by atoms with E-state index in [9.17, 15) is 4.79 Å². The molecule has 0 atom stereocenters. The lowest BCUT2D eigenvalue weighted by atomic mass is 10.1. The Bertz CT molecular complexity index is 624. The number of ether oxygens (including phenoxy) is 1. The number of halogens is 1. The number of nitrogens with zero attached hydrogens (tertiary/aromatic N) is 3. The Balaban J connectivity index is 0.00000420. The summed E-state index contributed by atoms with van der Waals surface area (Å²) in [6.07, 6.45) is 2.72. The number of hydrogen-bond donors (Lipinski definition) is 2. The topological polar surface area (TPSA) is 69.2 Å². The van der Waals surface area contributed by atoms with Crippen molar-refractivity contribution in [2.75, 3.05) is 54.0 Å². The molecule has 29 heavy (non-hydrogen) atoms. The SMILES string of the molecule is CN=C(NCCN(C)CCCOC)NCc1ccc(CN2CCCC2=O)cc1.I. The predicted octanol–water partition coefficient (Wildman–Crippen LogP) is 2.06. The van der Waals surface area contributed by atoms with Crippen LogP contribution in [0, 0.1) is 0 Å². The molecule has 0 aromatic heterocycles. The van der Waals surface area contributed by atoms with Gasteiger partial charge in [0, 0.05) is 66.5 Å². The second-order valence-corrected chi connectivity index (χ2v) is 7.24. The lowest BCUT2D eigenvalue weighted by Gasteiger charge is -2.18. The largest absolute Gasteiger partial charge is 0.385 e. The van der Waals surface area contributed by atoms with E-state index in [1.54, 1.807) is 14.2 Å². The van der Waals surface area contributed by atoms with Gasteiger partial charge in [-0.15, -0.1) is 24.0 Å². The summed E-state index contributed by atoms with van der Waals surface area (Å²) in [5.41, 5.74) is 2.37. The number of guanidine groups is 1. The molecule has 1 aromatic carbocycles. The minimum Gasteiger partial charge on any atom is -0.385 e. The Hall–Kier alpha value is -1.39. The monoisotopic (exact) mass is 517 g/mol. The number of hydrogen-bond acceptors (Lipinski definition) is 4. The molecule has 0 unspecified atom stereocenters. The molecule has 2 N–H and O–H groups in total. The van der Waals surface area contributed by atoms with Crippen molar-refractivity contribution in [1.82, 2.24) is 20.4 Å². The van der Waals surface area contributed by atoms with E-state index in [2.05, 4.69) is 51.8 Å². The highest BCUT2D eigenvalue weighted by Crippen LogP contribution is 2.14. The summed E-state index contributed by atoms with van der Waals surface area (Å²) in [6.45, 7) is 5.93. The maximum absolute atomic E-state index is 11.7. The third-order valence-corrected chi connectivity index (χ3v) is 4.93. The maximum atomic E-state index is 11.7. The number of likely N-dealkylation sites (tertiary alicyclic amines) is 1. The van der Waals surface area contributed by atoms with Crippen LogP contribution in [0.15, 0.2) is 29.3 Å². The second kappa shape index (κ2) is 14.6. The van der Waals surface area contributed by atoms with Crippen LogP contribution in [0.2, 0.25) is 0 Å². The van der Waals surface area contributed by atoms with E-state index in [0.29, 0.717) is 19.5 Å². The van der Waals surface area contributed by atoms with Crippen LogP contribution in [0.4, 0.5) is 0 Å². The van der Waals surface area contributed by atoms with E-state index in [4.69, 9.17) is 4.74 Å². The predicted molar refractivity (Wildman–Crippen MR) is 129 cm³/mol. The number of likely N-dealkylation sites (N-methyl/N-ethyl adjacent to an activating group) is 1. The van der Waals surface area contributed by atoms with Gasteiger partial charge in [-0.3, -0.25) is 9.79 Å². The molecule has 1 saturated heterocycles. The van der Waals surface area contributed by atoms with E-state index in [0.717, 1.165) is 51.6 Å². The quantitative estimate of drug-likeness (QED) is 0.204. The maximum Gasteiger partial charge on any atom is 0.222 e. The fourth-order valence-corrected chi connectivity index (χ4v) is 3.22. The van der Waals surface area contributed by atoms with Gasteiger partial charge in [-0.25, -0.2) is 0 Å². The van der Waals surface area contributed by atoms with Gasteiger partial charge < -0.3 is 25.2 Å². The number of carbonyl (C=O) groups is 1. The molecule has 164 valence electrons. The van der Waals surface area contributed by atoms with Crippen LogP contribution in [0.1, 0.15) is 30.4 Å². The Morgan fingerprint density at radius 3 is 2.55 bits per heavy atom. The normalized spacial score (nSPS) is 14.3. The summed E-state index contributed by atoms with van der Waals surface area (Å²) in [6, 6.07) is 8.43. The number of rotatable bonds is 11. The Labute approximate surface area is 192 Å². The van der Waals surface area contributed by atoms with Crippen LogP contribution in [-0.2, 0) is 22.6 Å². The number of nitrogens with one attached hydrogen (secondary N) is 2. The summed E-state index contributed by atoms with van der Waals surface area (Å²) in [7, 11) is 5.64. The molecule has 1 aromatic rings. The number of benzene rings is 1. The Morgan fingerprint density at radius 2 is 1.93 bits per heavy atom. The molecule has 0 aliphatic carbocycles. The molecule has 7 nitrogen and oxygen atoms in total. The van der Waals surface area contributed by atoms with Crippen LogP contribution in [-0.4, -0.2) is 75.7 Å². The number of carbonyl (C=O) groups excluding carboxylic acids is 1. The standard InChI is InChI=1S/C21H35N5O2.HI/c1-22-21(23-11-14-25(2)12-5-15-28-3)24-16-18-7-9-19(10-8-18)17-26-13-4-6-20(26)27;/h7-10H,4-6,11-17H2,1-3H3,(H2,22,23,24);1H. The first-order valence-electron chi connectivity index (χ1n) is 10.1. The van der Waals surface area contributed by atoms with Crippen molar-refractivity contribution >= 4 is 35.8 Å². The molecule has 2 rings (SSSR count). The van der Waals surface area contributed by atoms with Crippen LogP contribution in [0.25, 0.3) is 0 Å². The fraction of sp³-hybridized carbons (Fsp3) is 0.619. The van der Waals surface area contributed by atoms with Gasteiger partial charge in [0.25, 0.3) is 0 Å². The van der Waals surface area contributed by atoms with E-state index < -0.39 is 0 Å². The first-order chi connectivity index (χ1) is 13.6. The van der Waals surface area contributed by atoms with Gasteiger partial charge in [0.05, 0.1) is 0 Å². The van der Waals surface area contributed by atoms with Gasteiger partial charge in [-0.1, -0.05) is 24.3 Å². The third kappa shape index (κ3) is 9.77. The van der Waals surface area contributed by atoms with Crippen molar-refractivity contribution in [3.8, 4) is 0 Å². The lowest BCUT2D eigenvalue weighted by Crippen LogP contribution is -2.40. The van der Waals surface area contributed by atoms with E-state index in [1.165, 1.54) is 11.1 Å². The number of methoxy groups -OCH3 is 1. The minimum absolute atomic E-state index is 0. The summed E-state index contributed by atoms with van der Waals surface area (Å²) >= 11 is 0. The van der Waals surface area contributed by atoms with Gasteiger partial charge in [-0.05, 0) is 31.0 Å². The van der Waals surface area contributed by atoms with Crippen LogP contribution < -0.4 is 10.6 Å². The molecule has 1 aliphatic rings. The van der Waals surface area contributed by atoms with Gasteiger partial charge in [-0.2, -0.15) is 0 Å². The van der Waals surface area contributed by atoms with Gasteiger partial charge in [0.15, 0.2) is 5.96 Å².